The quantitative estimate of drug-likeness (QED) is 0.615. The van der Waals surface area contributed by atoms with Gasteiger partial charge >= 0.3 is 0 Å². The van der Waals surface area contributed by atoms with Crippen molar-refractivity contribution in [1.82, 2.24) is 15.1 Å². The number of hydrogen-bond acceptors (Lipinski definition) is 5. The van der Waals surface area contributed by atoms with Crippen LogP contribution in [0.25, 0.3) is 0 Å². The molecule has 2 aromatic rings. The van der Waals surface area contributed by atoms with Crippen LogP contribution in [-0.4, -0.2) is 78.6 Å². The minimum atomic E-state index is -0.775. The van der Waals surface area contributed by atoms with Crippen LogP contribution in [-0.2, 0) is 19.7 Å². The molecule has 1 atom stereocenters. The van der Waals surface area contributed by atoms with Crippen LogP contribution in [0, 0.1) is 0 Å². The van der Waals surface area contributed by atoms with E-state index in [0.29, 0.717) is 44.7 Å². The molecular weight excluding hydrogens is 492 g/mol. The Kier molecular flexibility index (Phi) is 7.67. The topological polar surface area (TPSA) is 82.2 Å². The summed E-state index contributed by atoms with van der Waals surface area (Å²) in [7, 11) is 0. The zero-order valence-electron chi connectivity index (χ0n) is 23.3. The Hall–Kier alpha value is -3.39. The van der Waals surface area contributed by atoms with Crippen LogP contribution in [0.1, 0.15) is 62.4 Å². The van der Waals surface area contributed by atoms with Gasteiger partial charge in [0, 0.05) is 37.5 Å². The van der Waals surface area contributed by atoms with Gasteiger partial charge in [-0.1, -0.05) is 51.1 Å². The van der Waals surface area contributed by atoms with Gasteiger partial charge in [0.25, 0.3) is 11.8 Å². The number of para-hydroxylation sites is 1. The van der Waals surface area contributed by atoms with E-state index >= 15 is 0 Å². The molecule has 2 aromatic carbocycles. The number of anilines is 1. The molecule has 5 rings (SSSR count). The van der Waals surface area contributed by atoms with Crippen molar-refractivity contribution in [1.29, 1.82) is 0 Å². The predicted octanol–water partition coefficient (Wildman–Crippen LogP) is 3.56. The number of ether oxygens (including phenoxy) is 1. The Morgan fingerprint density at radius 1 is 1.03 bits per heavy atom. The highest BCUT2D eigenvalue weighted by Gasteiger charge is 2.54. The minimum Gasteiger partial charge on any atom is -0.376 e. The highest BCUT2D eigenvalue weighted by atomic mass is 16.5. The van der Waals surface area contributed by atoms with Gasteiger partial charge in [0.15, 0.2) is 0 Å². The molecule has 0 bridgehead atoms. The smallest absolute Gasteiger partial charge is 0.253 e. The monoisotopic (exact) mass is 532 g/mol. The summed E-state index contributed by atoms with van der Waals surface area (Å²) in [5.74, 6) is -0.220. The van der Waals surface area contributed by atoms with Gasteiger partial charge < -0.3 is 24.8 Å². The first-order valence-corrected chi connectivity index (χ1v) is 14.1. The Morgan fingerprint density at radius 3 is 2.33 bits per heavy atom. The lowest BCUT2D eigenvalue weighted by atomic mass is 9.84. The van der Waals surface area contributed by atoms with Crippen molar-refractivity contribution in [2.45, 2.75) is 63.5 Å². The summed E-state index contributed by atoms with van der Waals surface area (Å²) in [6, 6.07) is 17.7. The first-order chi connectivity index (χ1) is 18.7. The SMILES string of the molecule is CC(C)(C)c1ccc(C(=O)N2CCC3(CC2)C(=O)N(CC(=O)NC[C@H]2CCCO2)CN3c2ccccc2)cc1. The van der Waals surface area contributed by atoms with Crippen LogP contribution in [0.15, 0.2) is 54.6 Å². The third-order valence-electron chi connectivity index (χ3n) is 8.34. The van der Waals surface area contributed by atoms with Crippen LogP contribution < -0.4 is 10.2 Å². The molecule has 0 aromatic heterocycles. The average Bonchev–Trinajstić information content (AvgIpc) is 3.55. The van der Waals surface area contributed by atoms with E-state index in [1.54, 1.807) is 4.90 Å². The molecule has 3 aliphatic heterocycles. The van der Waals surface area contributed by atoms with Gasteiger partial charge in [-0.2, -0.15) is 0 Å². The Morgan fingerprint density at radius 2 is 1.72 bits per heavy atom. The van der Waals surface area contributed by atoms with Crippen LogP contribution in [0.3, 0.4) is 0 Å². The maximum atomic E-state index is 13.9. The molecule has 208 valence electrons. The third-order valence-corrected chi connectivity index (χ3v) is 8.34. The number of carbonyl (C=O) groups is 3. The molecule has 0 unspecified atom stereocenters. The van der Waals surface area contributed by atoms with Crippen molar-refractivity contribution in [3.05, 3.63) is 65.7 Å². The molecule has 3 aliphatic rings. The summed E-state index contributed by atoms with van der Waals surface area (Å²) < 4.78 is 5.61. The Labute approximate surface area is 231 Å². The van der Waals surface area contributed by atoms with E-state index in [2.05, 4.69) is 31.0 Å². The molecule has 3 fully saturated rings. The Bertz CT molecular complexity index is 1180. The number of nitrogens with zero attached hydrogens (tertiary/aromatic N) is 3. The fourth-order valence-electron chi connectivity index (χ4n) is 5.96. The molecule has 8 nitrogen and oxygen atoms in total. The van der Waals surface area contributed by atoms with Crippen molar-refractivity contribution in [3.63, 3.8) is 0 Å². The molecule has 1 N–H and O–H groups in total. The second-order valence-electron chi connectivity index (χ2n) is 12.0. The van der Waals surface area contributed by atoms with Crippen molar-refractivity contribution >= 4 is 23.4 Å². The molecule has 3 heterocycles. The van der Waals surface area contributed by atoms with Crippen molar-refractivity contribution < 1.29 is 19.1 Å². The number of hydrogen-bond donors (Lipinski definition) is 1. The van der Waals surface area contributed by atoms with Gasteiger partial charge in [0.2, 0.25) is 5.91 Å². The first kappa shape index (κ1) is 27.2. The highest BCUT2D eigenvalue weighted by molar-refractivity contribution is 5.97. The van der Waals surface area contributed by atoms with E-state index in [0.717, 1.165) is 25.1 Å². The van der Waals surface area contributed by atoms with Crippen molar-refractivity contribution in [2.24, 2.45) is 0 Å². The molecule has 8 heteroatoms. The summed E-state index contributed by atoms with van der Waals surface area (Å²) in [5, 5.41) is 2.94. The van der Waals surface area contributed by atoms with E-state index in [1.165, 1.54) is 5.56 Å². The van der Waals surface area contributed by atoms with E-state index in [9.17, 15) is 14.4 Å². The molecule has 3 saturated heterocycles. The standard InChI is InChI=1S/C31H40N4O4/c1-30(2,3)24-13-11-23(12-14-24)28(37)33-17-15-31(16-18-33)29(38)34(22-35(31)25-8-5-4-6-9-25)21-27(36)32-20-26-10-7-19-39-26/h4-6,8-9,11-14,26H,7,10,15-22H2,1-3H3,(H,32,36)/t26-/m1/s1. The average molecular weight is 533 g/mol. The fourth-order valence-corrected chi connectivity index (χ4v) is 5.96. The summed E-state index contributed by atoms with van der Waals surface area (Å²) in [6.07, 6.45) is 3.05. The number of carbonyl (C=O) groups excluding carboxylic acids is 3. The number of nitrogens with one attached hydrogen (secondary N) is 1. The Balaban J connectivity index is 1.28. The molecule has 3 amide bonds. The first-order valence-electron chi connectivity index (χ1n) is 14.1. The number of benzene rings is 2. The predicted molar refractivity (Wildman–Crippen MR) is 150 cm³/mol. The van der Waals surface area contributed by atoms with Crippen LogP contribution in [0.5, 0.6) is 0 Å². The van der Waals surface area contributed by atoms with Crippen molar-refractivity contribution in [2.75, 3.05) is 44.4 Å². The van der Waals surface area contributed by atoms with Crippen LogP contribution in [0.4, 0.5) is 5.69 Å². The van der Waals surface area contributed by atoms with Gasteiger partial charge in [-0.05, 0) is 60.9 Å². The number of piperidine rings is 1. The van der Waals surface area contributed by atoms with Gasteiger partial charge in [-0.25, -0.2) is 0 Å². The molecule has 1 spiro atoms. The fraction of sp³-hybridized carbons (Fsp3) is 0.516. The van der Waals surface area contributed by atoms with E-state index in [1.807, 2.05) is 59.5 Å². The third kappa shape index (κ3) is 5.66. The molecule has 0 saturated carbocycles. The van der Waals surface area contributed by atoms with Gasteiger partial charge in [-0.15, -0.1) is 0 Å². The lowest BCUT2D eigenvalue weighted by Crippen LogP contribution is -2.57. The highest BCUT2D eigenvalue weighted by Crippen LogP contribution is 2.39. The normalized spacial score (nSPS) is 21.1. The second kappa shape index (κ2) is 11.0. The molecule has 39 heavy (non-hydrogen) atoms. The lowest BCUT2D eigenvalue weighted by Gasteiger charge is -2.43. The maximum Gasteiger partial charge on any atom is 0.253 e. The van der Waals surface area contributed by atoms with E-state index < -0.39 is 5.54 Å². The summed E-state index contributed by atoms with van der Waals surface area (Å²) in [4.78, 5) is 45.7. The van der Waals surface area contributed by atoms with E-state index in [-0.39, 0.29) is 35.8 Å². The zero-order chi connectivity index (χ0) is 27.6. The van der Waals surface area contributed by atoms with Crippen molar-refractivity contribution in [3.8, 4) is 0 Å². The number of amides is 3. The van der Waals surface area contributed by atoms with Gasteiger partial charge in [0.05, 0.1) is 12.8 Å². The largest absolute Gasteiger partial charge is 0.376 e. The van der Waals surface area contributed by atoms with Crippen LogP contribution >= 0.6 is 0 Å². The molecule has 0 aliphatic carbocycles. The number of rotatable bonds is 6. The summed E-state index contributed by atoms with van der Waals surface area (Å²) >= 11 is 0. The van der Waals surface area contributed by atoms with Crippen LogP contribution in [0.2, 0.25) is 0 Å². The lowest BCUT2D eigenvalue weighted by molar-refractivity contribution is -0.137. The van der Waals surface area contributed by atoms with E-state index in [4.69, 9.17) is 4.74 Å². The molecular formula is C31H40N4O4. The van der Waals surface area contributed by atoms with Gasteiger partial charge in [0.1, 0.15) is 12.1 Å². The molecule has 0 radical (unpaired) electrons. The summed E-state index contributed by atoms with van der Waals surface area (Å²) in [5.41, 5.74) is 2.05. The zero-order valence-corrected chi connectivity index (χ0v) is 23.3. The second-order valence-corrected chi connectivity index (χ2v) is 12.0. The number of likely N-dealkylation sites (tertiary alicyclic amines) is 1. The summed E-state index contributed by atoms with van der Waals surface area (Å²) in [6.45, 7) is 9.00. The van der Waals surface area contributed by atoms with Gasteiger partial charge in [-0.3, -0.25) is 14.4 Å². The minimum absolute atomic E-state index is 0.00705. The maximum absolute atomic E-state index is 13.9.